The Balaban J connectivity index is 1.70. The van der Waals surface area contributed by atoms with Gasteiger partial charge in [-0.25, -0.2) is 0 Å². The highest BCUT2D eigenvalue weighted by atomic mass is 16.3. The number of allylic oxidation sites excluding steroid dienone is 1. The molecule has 0 aromatic heterocycles. The molecule has 0 fully saturated rings. The van der Waals surface area contributed by atoms with Crippen LogP contribution in [-0.2, 0) is 22.6 Å². The van der Waals surface area contributed by atoms with Gasteiger partial charge in [-0.1, -0.05) is 18.2 Å². The summed E-state index contributed by atoms with van der Waals surface area (Å²) in [5.41, 5.74) is 3.28. The normalized spacial score (nSPS) is 27.2. The molecule has 4 atom stereocenters. The van der Waals surface area contributed by atoms with E-state index >= 15 is 0 Å². The molecular formula is C28H31N3O7. The van der Waals surface area contributed by atoms with Gasteiger partial charge >= 0.3 is 0 Å². The van der Waals surface area contributed by atoms with Crippen molar-refractivity contribution in [1.29, 1.82) is 0 Å². The number of phenols is 1. The lowest BCUT2D eigenvalue weighted by Crippen LogP contribution is -2.63. The van der Waals surface area contributed by atoms with E-state index in [2.05, 4.69) is 0 Å². The minimum Gasteiger partial charge on any atom is -0.510 e. The summed E-state index contributed by atoms with van der Waals surface area (Å²) in [4.78, 5) is 42.8. The molecule has 0 saturated heterocycles. The van der Waals surface area contributed by atoms with Crippen molar-refractivity contribution in [1.82, 2.24) is 9.80 Å². The summed E-state index contributed by atoms with van der Waals surface area (Å²) in [6.45, 7) is 0.626. The molecule has 38 heavy (non-hydrogen) atoms. The first-order valence-corrected chi connectivity index (χ1v) is 12.4. The predicted octanol–water partition coefficient (Wildman–Crippen LogP) is 1.34. The SMILES string of the molecule is CN(C)Cc1ccc2cc3c(c(O)c2c1)C(=O)C1=C(O)[C@]2(O)C(=O)C(C(N)=O)=C(O)[C@@H](N(C)C)[C@@H]2C[C@@H]1C3. The van der Waals surface area contributed by atoms with Crippen LogP contribution >= 0.6 is 0 Å². The monoisotopic (exact) mass is 521 g/mol. The molecule has 0 radical (unpaired) electrons. The Morgan fingerprint density at radius 3 is 2.39 bits per heavy atom. The number of benzene rings is 2. The van der Waals surface area contributed by atoms with Crippen LogP contribution < -0.4 is 5.73 Å². The number of aliphatic hydroxyl groups is 3. The van der Waals surface area contributed by atoms with E-state index in [9.17, 15) is 34.8 Å². The highest BCUT2D eigenvalue weighted by molar-refractivity contribution is 6.25. The maximum atomic E-state index is 13.8. The van der Waals surface area contributed by atoms with Crippen LogP contribution in [0.15, 0.2) is 46.9 Å². The number of aromatic hydroxyl groups is 1. The fourth-order valence-corrected chi connectivity index (χ4v) is 6.53. The fraction of sp³-hybridized carbons (Fsp3) is 0.393. The molecular weight excluding hydrogens is 490 g/mol. The van der Waals surface area contributed by atoms with Gasteiger partial charge in [-0.3, -0.25) is 19.3 Å². The van der Waals surface area contributed by atoms with Gasteiger partial charge in [0.05, 0.1) is 11.6 Å². The predicted molar refractivity (Wildman–Crippen MR) is 139 cm³/mol. The lowest BCUT2D eigenvalue weighted by Gasteiger charge is -2.50. The van der Waals surface area contributed by atoms with Gasteiger partial charge in [-0.15, -0.1) is 0 Å². The van der Waals surface area contributed by atoms with Crippen LogP contribution in [0.1, 0.15) is 27.9 Å². The zero-order valence-corrected chi connectivity index (χ0v) is 21.6. The smallest absolute Gasteiger partial charge is 0.255 e. The number of primary amides is 1. The van der Waals surface area contributed by atoms with Gasteiger partial charge in [0.25, 0.3) is 5.91 Å². The van der Waals surface area contributed by atoms with Gasteiger partial charge in [-0.05, 0) is 69.5 Å². The molecule has 0 spiro atoms. The Kier molecular flexibility index (Phi) is 5.90. The number of nitrogens with two attached hydrogens (primary N) is 1. The molecule has 6 N–H and O–H groups in total. The number of rotatable bonds is 4. The quantitative estimate of drug-likeness (QED) is 0.373. The van der Waals surface area contributed by atoms with Crippen molar-refractivity contribution in [3.05, 3.63) is 63.6 Å². The third-order valence-corrected chi connectivity index (χ3v) is 8.09. The average molecular weight is 522 g/mol. The number of fused-ring (bicyclic) bond motifs is 4. The third-order valence-electron chi connectivity index (χ3n) is 8.09. The lowest BCUT2D eigenvalue weighted by atomic mass is 9.58. The lowest BCUT2D eigenvalue weighted by molar-refractivity contribution is -0.148. The number of amides is 1. The first-order chi connectivity index (χ1) is 17.8. The van der Waals surface area contributed by atoms with E-state index in [1.807, 2.05) is 43.3 Å². The molecule has 5 rings (SSSR count). The zero-order valence-electron chi connectivity index (χ0n) is 21.6. The molecule has 0 bridgehead atoms. The molecule has 200 valence electrons. The maximum absolute atomic E-state index is 13.8. The molecule has 0 aliphatic heterocycles. The molecule has 0 heterocycles. The molecule has 10 heteroatoms. The van der Waals surface area contributed by atoms with E-state index in [0.29, 0.717) is 17.5 Å². The van der Waals surface area contributed by atoms with E-state index in [0.717, 1.165) is 10.9 Å². The summed E-state index contributed by atoms with van der Waals surface area (Å²) in [5, 5.41) is 46.4. The Morgan fingerprint density at radius 1 is 1.11 bits per heavy atom. The second-order valence-corrected chi connectivity index (χ2v) is 11.0. The molecule has 3 aliphatic rings. The first kappa shape index (κ1) is 25.9. The van der Waals surface area contributed by atoms with Crippen molar-refractivity contribution in [3.63, 3.8) is 0 Å². The number of likely N-dealkylation sites (N-methyl/N-ethyl adjacent to an activating group) is 1. The van der Waals surface area contributed by atoms with Gasteiger partial charge < -0.3 is 31.1 Å². The molecule has 10 nitrogen and oxygen atoms in total. The van der Waals surface area contributed by atoms with Gasteiger partial charge in [0.1, 0.15) is 22.8 Å². The van der Waals surface area contributed by atoms with Gasteiger partial charge in [-0.2, -0.15) is 0 Å². The summed E-state index contributed by atoms with van der Waals surface area (Å²) in [5.74, 6) is -6.49. The van der Waals surface area contributed by atoms with Crippen molar-refractivity contribution < 1.29 is 34.8 Å². The summed E-state index contributed by atoms with van der Waals surface area (Å²) >= 11 is 0. The van der Waals surface area contributed by atoms with E-state index in [-0.39, 0.29) is 29.7 Å². The van der Waals surface area contributed by atoms with Crippen molar-refractivity contribution in [2.45, 2.75) is 31.0 Å². The van der Waals surface area contributed by atoms with Crippen molar-refractivity contribution in [3.8, 4) is 5.75 Å². The number of carbonyl (C=O) groups is 3. The second kappa shape index (κ2) is 8.65. The molecule has 2 aromatic carbocycles. The van der Waals surface area contributed by atoms with Crippen LogP contribution in [0.4, 0.5) is 0 Å². The molecule has 3 aliphatic carbocycles. The number of Topliss-reactive ketones (excluding diaryl/α,β-unsaturated/α-hetero) is 2. The van der Waals surface area contributed by atoms with Crippen molar-refractivity contribution in [2.24, 2.45) is 17.6 Å². The summed E-state index contributed by atoms with van der Waals surface area (Å²) in [6, 6.07) is 6.48. The summed E-state index contributed by atoms with van der Waals surface area (Å²) < 4.78 is 0. The number of aliphatic hydroxyl groups excluding tert-OH is 2. The molecule has 2 aromatic rings. The largest absolute Gasteiger partial charge is 0.510 e. The van der Waals surface area contributed by atoms with Crippen LogP contribution in [-0.4, -0.2) is 87.5 Å². The highest BCUT2D eigenvalue weighted by Crippen LogP contribution is 2.52. The van der Waals surface area contributed by atoms with Gasteiger partial charge in [0.2, 0.25) is 5.78 Å². The Morgan fingerprint density at radius 2 is 1.79 bits per heavy atom. The number of phenolic OH excluding ortho intramolecular Hbond substituents is 1. The topological polar surface area (TPSA) is 165 Å². The minimum atomic E-state index is -2.64. The minimum absolute atomic E-state index is 0.0142. The van der Waals surface area contributed by atoms with Crippen LogP contribution in [0.3, 0.4) is 0 Å². The van der Waals surface area contributed by atoms with Crippen LogP contribution in [0.25, 0.3) is 10.8 Å². The number of carbonyl (C=O) groups excluding carboxylic acids is 3. The Labute approximate surface area is 219 Å². The maximum Gasteiger partial charge on any atom is 0.255 e. The zero-order chi connectivity index (χ0) is 27.8. The van der Waals surface area contributed by atoms with Crippen molar-refractivity contribution >= 4 is 28.2 Å². The van der Waals surface area contributed by atoms with Gasteiger partial charge in [0.15, 0.2) is 11.4 Å². The molecule has 0 unspecified atom stereocenters. The van der Waals surface area contributed by atoms with Crippen LogP contribution in [0.2, 0.25) is 0 Å². The Hall–Kier alpha value is -3.73. The average Bonchev–Trinajstić information content (AvgIpc) is 2.81. The Bertz CT molecular complexity index is 1490. The highest BCUT2D eigenvalue weighted by Gasteiger charge is 2.63. The van der Waals surface area contributed by atoms with E-state index in [4.69, 9.17) is 5.73 Å². The van der Waals surface area contributed by atoms with Crippen LogP contribution in [0.5, 0.6) is 5.75 Å². The number of nitrogens with zero attached hydrogens (tertiary/aromatic N) is 2. The van der Waals surface area contributed by atoms with Crippen molar-refractivity contribution in [2.75, 3.05) is 28.2 Å². The second-order valence-electron chi connectivity index (χ2n) is 11.0. The standard InChI is InChI=1S/C28H31N3O7/c1-30(2)11-12-5-6-13-8-14-9-15-10-17-21(31(3)4)24(34)20(27(29)37)26(36)28(17,38)25(35)19(15)23(33)18(14)22(32)16(13)7-12/h5-8,15,17,21,32,34-35,38H,9-11H2,1-4H3,(H2,29,37)/t15-,17-,21-,28-/m0/s1. The van der Waals surface area contributed by atoms with Crippen LogP contribution in [0, 0.1) is 11.8 Å². The fourth-order valence-electron chi connectivity index (χ4n) is 6.53. The van der Waals surface area contributed by atoms with E-state index < -0.39 is 58.0 Å². The summed E-state index contributed by atoms with van der Waals surface area (Å²) in [6.07, 6.45) is 0.323. The first-order valence-electron chi connectivity index (χ1n) is 12.4. The van der Waals surface area contributed by atoms with Gasteiger partial charge in [0, 0.05) is 23.4 Å². The molecule has 0 saturated carbocycles. The summed E-state index contributed by atoms with van der Waals surface area (Å²) in [7, 11) is 7.04. The molecule has 1 amide bonds. The van der Waals surface area contributed by atoms with E-state index in [1.165, 1.54) is 4.90 Å². The number of ketones is 2. The third kappa shape index (κ3) is 3.48. The van der Waals surface area contributed by atoms with E-state index in [1.54, 1.807) is 14.1 Å². The number of hydrogen-bond donors (Lipinski definition) is 5. The number of hydrogen-bond acceptors (Lipinski definition) is 9.